The van der Waals surface area contributed by atoms with E-state index in [1.54, 1.807) is 0 Å². The Morgan fingerprint density at radius 1 is 1.05 bits per heavy atom. The van der Waals surface area contributed by atoms with E-state index >= 15 is 0 Å². The van der Waals surface area contributed by atoms with Gasteiger partial charge in [-0.2, -0.15) is 0 Å². The van der Waals surface area contributed by atoms with E-state index in [0.29, 0.717) is 11.4 Å². The summed E-state index contributed by atoms with van der Waals surface area (Å²) in [6.45, 7) is 0. The molecule has 3 rings (SSSR count). The molecule has 0 amide bonds. The first-order valence-corrected chi connectivity index (χ1v) is 8.18. The molecular formula is C17H12BrCl2N. The Balaban J connectivity index is 1.87. The molecule has 2 aromatic carbocycles. The van der Waals surface area contributed by atoms with Gasteiger partial charge in [-0.05, 0) is 29.8 Å². The van der Waals surface area contributed by atoms with Gasteiger partial charge in [0.05, 0.1) is 10.9 Å². The van der Waals surface area contributed by atoms with E-state index < -0.39 is 0 Å². The number of alkyl halides is 1. The van der Waals surface area contributed by atoms with Gasteiger partial charge < -0.3 is 0 Å². The maximum Gasteiger partial charge on any atom is 0.0705 e. The van der Waals surface area contributed by atoms with Crippen molar-refractivity contribution >= 4 is 50.0 Å². The molecule has 1 heterocycles. The summed E-state index contributed by atoms with van der Waals surface area (Å²) in [4.78, 5) is 4.66. The molecule has 0 radical (unpaired) electrons. The Bertz CT molecular complexity index is 789. The smallest absolute Gasteiger partial charge is 0.0705 e. The molecule has 1 atom stereocenters. The molecule has 0 N–H and O–H groups in total. The zero-order valence-corrected chi connectivity index (χ0v) is 14.2. The summed E-state index contributed by atoms with van der Waals surface area (Å²) >= 11 is 16.0. The van der Waals surface area contributed by atoms with Crippen LogP contribution in [0.1, 0.15) is 16.6 Å². The van der Waals surface area contributed by atoms with E-state index in [2.05, 4.69) is 33.0 Å². The molecule has 4 heteroatoms. The zero-order valence-electron chi connectivity index (χ0n) is 11.1. The summed E-state index contributed by atoms with van der Waals surface area (Å²) in [5, 5.41) is 1.68. The number of rotatable bonds is 3. The van der Waals surface area contributed by atoms with Crippen molar-refractivity contribution in [1.82, 2.24) is 4.98 Å². The molecule has 0 spiro atoms. The number of benzene rings is 2. The summed E-state index contributed by atoms with van der Waals surface area (Å²) < 4.78 is 0.927. The fourth-order valence-corrected chi connectivity index (χ4v) is 3.71. The average Bonchev–Trinajstić information content (AvgIpc) is 2.47. The highest BCUT2D eigenvalue weighted by atomic mass is 79.9. The fraction of sp³-hybridized carbons (Fsp3) is 0.118. The SMILES string of the molecule is Clc1ccc(C(Cl)Cc2ccc3ccccc3n2)c(Br)c1. The Kier molecular flexibility index (Phi) is 4.48. The minimum absolute atomic E-state index is 0.148. The van der Waals surface area contributed by atoms with Gasteiger partial charge in [0.25, 0.3) is 0 Å². The number of fused-ring (bicyclic) bond motifs is 1. The van der Waals surface area contributed by atoms with Crippen LogP contribution in [0.4, 0.5) is 0 Å². The molecular weight excluding hydrogens is 369 g/mol. The summed E-state index contributed by atoms with van der Waals surface area (Å²) in [6.07, 6.45) is 0.673. The highest BCUT2D eigenvalue weighted by Gasteiger charge is 2.13. The van der Waals surface area contributed by atoms with Crippen LogP contribution >= 0.6 is 39.1 Å². The average molecular weight is 381 g/mol. The van der Waals surface area contributed by atoms with Crippen LogP contribution in [-0.4, -0.2) is 4.98 Å². The maximum absolute atomic E-state index is 6.54. The van der Waals surface area contributed by atoms with E-state index in [1.807, 2.05) is 42.5 Å². The van der Waals surface area contributed by atoms with Crippen LogP contribution in [0.25, 0.3) is 10.9 Å². The van der Waals surface area contributed by atoms with Crippen molar-refractivity contribution in [2.24, 2.45) is 0 Å². The van der Waals surface area contributed by atoms with Crippen molar-refractivity contribution < 1.29 is 0 Å². The minimum Gasteiger partial charge on any atom is -0.253 e. The number of para-hydroxylation sites is 1. The summed E-state index contributed by atoms with van der Waals surface area (Å²) in [5.74, 6) is 0. The molecule has 0 fully saturated rings. The topological polar surface area (TPSA) is 12.9 Å². The van der Waals surface area contributed by atoms with E-state index in [0.717, 1.165) is 26.6 Å². The van der Waals surface area contributed by atoms with Crippen LogP contribution < -0.4 is 0 Å². The van der Waals surface area contributed by atoms with Gasteiger partial charge in [-0.3, -0.25) is 4.98 Å². The first kappa shape index (κ1) is 14.8. The lowest BCUT2D eigenvalue weighted by Crippen LogP contribution is -1.99. The second-order valence-electron chi connectivity index (χ2n) is 4.83. The van der Waals surface area contributed by atoms with Crippen molar-refractivity contribution in [3.63, 3.8) is 0 Å². The molecule has 0 bridgehead atoms. The first-order chi connectivity index (χ1) is 10.1. The van der Waals surface area contributed by atoms with Crippen molar-refractivity contribution in [3.05, 3.63) is 75.4 Å². The second kappa shape index (κ2) is 6.35. The van der Waals surface area contributed by atoms with Gasteiger partial charge in [-0.15, -0.1) is 11.6 Å². The largest absolute Gasteiger partial charge is 0.253 e. The summed E-state index contributed by atoms with van der Waals surface area (Å²) in [5.41, 5.74) is 3.00. The Morgan fingerprint density at radius 2 is 1.86 bits per heavy atom. The first-order valence-electron chi connectivity index (χ1n) is 6.57. The number of nitrogens with zero attached hydrogens (tertiary/aromatic N) is 1. The molecule has 0 aliphatic heterocycles. The fourth-order valence-electron chi connectivity index (χ4n) is 2.27. The lowest BCUT2D eigenvalue weighted by atomic mass is 10.1. The van der Waals surface area contributed by atoms with Gasteiger partial charge in [-0.1, -0.05) is 57.9 Å². The quantitative estimate of drug-likeness (QED) is 0.495. The number of hydrogen-bond acceptors (Lipinski definition) is 1. The number of hydrogen-bond donors (Lipinski definition) is 0. The van der Waals surface area contributed by atoms with Crippen LogP contribution in [0.2, 0.25) is 5.02 Å². The second-order valence-corrected chi connectivity index (χ2v) is 6.65. The van der Waals surface area contributed by atoms with Gasteiger partial charge in [-0.25, -0.2) is 0 Å². The van der Waals surface area contributed by atoms with E-state index in [4.69, 9.17) is 23.2 Å². The number of pyridine rings is 1. The van der Waals surface area contributed by atoms with E-state index in [1.165, 1.54) is 0 Å². The van der Waals surface area contributed by atoms with Gasteiger partial charge in [0.1, 0.15) is 0 Å². The summed E-state index contributed by atoms with van der Waals surface area (Å²) in [6, 6.07) is 17.8. The third-order valence-corrected chi connectivity index (χ3v) is 4.66. The van der Waals surface area contributed by atoms with Crippen LogP contribution in [0, 0.1) is 0 Å². The standard InChI is InChI=1S/C17H12BrCl2N/c18-15-9-12(19)6-8-14(15)16(20)10-13-7-5-11-3-1-2-4-17(11)21-13/h1-9,16H,10H2. The van der Waals surface area contributed by atoms with Gasteiger partial charge in [0.2, 0.25) is 0 Å². The Hall–Kier alpha value is -1.09. The Labute approximate surface area is 142 Å². The number of halogens is 3. The molecule has 0 saturated carbocycles. The zero-order chi connectivity index (χ0) is 14.8. The highest BCUT2D eigenvalue weighted by molar-refractivity contribution is 9.10. The van der Waals surface area contributed by atoms with Crippen LogP contribution in [-0.2, 0) is 6.42 Å². The summed E-state index contributed by atoms with van der Waals surface area (Å²) in [7, 11) is 0. The molecule has 0 aliphatic rings. The van der Waals surface area contributed by atoms with Gasteiger partial charge in [0, 0.05) is 27.0 Å². The third-order valence-electron chi connectivity index (χ3n) is 3.34. The van der Waals surface area contributed by atoms with Crippen LogP contribution in [0.15, 0.2) is 59.1 Å². The van der Waals surface area contributed by atoms with Crippen molar-refractivity contribution in [1.29, 1.82) is 0 Å². The lowest BCUT2D eigenvalue weighted by Gasteiger charge is -2.12. The molecule has 106 valence electrons. The maximum atomic E-state index is 6.54. The van der Waals surface area contributed by atoms with Crippen molar-refractivity contribution in [2.75, 3.05) is 0 Å². The molecule has 0 aliphatic carbocycles. The van der Waals surface area contributed by atoms with Gasteiger partial charge in [0.15, 0.2) is 0 Å². The monoisotopic (exact) mass is 379 g/mol. The van der Waals surface area contributed by atoms with Crippen molar-refractivity contribution in [3.8, 4) is 0 Å². The predicted molar refractivity (Wildman–Crippen MR) is 93.2 cm³/mol. The van der Waals surface area contributed by atoms with Crippen molar-refractivity contribution in [2.45, 2.75) is 11.8 Å². The van der Waals surface area contributed by atoms with Crippen LogP contribution in [0.3, 0.4) is 0 Å². The minimum atomic E-state index is -0.148. The normalized spacial score (nSPS) is 12.5. The predicted octanol–water partition coefficient (Wildman–Crippen LogP) is 6.17. The van der Waals surface area contributed by atoms with E-state index in [9.17, 15) is 0 Å². The number of aromatic nitrogens is 1. The van der Waals surface area contributed by atoms with Gasteiger partial charge >= 0.3 is 0 Å². The van der Waals surface area contributed by atoms with E-state index in [-0.39, 0.29) is 5.38 Å². The molecule has 1 unspecified atom stereocenters. The molecule has 21 heavy (non-hydrogen) atoms. The molecule has 1 nitrogen and oxygen atoms in total. The van der Waals surface area contributed by atoms with Crippen LogP contribution in [0.5, 0.6) is 0 Å². The Morgan fingerprint density at radius 3 is 2.67 bits per heavy atom. The molecule has 3 aromatic rings. The molecule has 1 aromatic heterocycles. The molecule has 0 saturated heterocycles. The highest BCUT2D eigenvalue weighted by Crippen LogP contribution is 2.32. The lowest BCUT2D eigenvalue weighted by molar-refractivity contribution is 0.884. The third kappa shape index (κ3) is 3.39.